The minimum absolute atomic E-state index is 0.0548. The van der Waals surface area contributed by atoms with Gasteiger partial charge in [0.25, 0.3) is 11.8 Å². The number of carbonyl (C=O) groups excluding carboxylic acids is 4. The summed E-state index contributed by atoms with van der Waals surface area (Å²) in [5.74, 6) is 0.223. The zero-order valence-electron chi connectivity index (χ0n) is 37.5. The summed E-state index contributed by atoms with van der Waals surface area (Å²) in [7, 11) is 3.38. The van der Waals surface area contributed by atoms with Crippen molar-refractivity contribution in [2.75, 3.05) is 14.1 Å². The van der Waals surface area contributed by atoms with Crippen molar-refractivity contribution in [1.29, 1.82) is 0 Å². The topological polar surface area (TPSA) is 117 Å². The van der Waals surface area contributed by atoms with Crippen molar-refractivity contribution in [3.05, 3.63) is 156 Å². The van der Waals surface area contributed by atoms with Gasteiger partial charge in [0.1, 0.15) is 23.6 Å². The molecule has 2 heterocycles. The first-order chi connectivity index (χ1) is 29.8. The Morgan fingerprint density at radius 2 is 0.806 bits per heavy atom. The first-order valence-corrected chi connectivity index (χ1v) is 21.8. The quantitative estimate of drug-likeness (QED) is 0.198. The average molecular weight is 841 g/mol. The summed E-state index contributed by atoms with van der Waals surface area (Å²) in [6, 6.07) is 32.8. The van der Waals surface area contributed by atoms with Gasteiger partial charge < -0.3 is 29.9 Å². The molecule has 4 aromatic carbocycles. The fourth-order valence-corrected chi connectivity index (χ4v) is 7.99. The largest absolute Gasteiger partial charge is 0.490 e. The zero-order valence-corrected chi connectivity index (χ0v) is 37.5. The SMILES string of the molecule is CC(C)[C@H]1C(=O)N[C@H](c2ccccc2)C/C=C/C[C@@H](C)Oc2ccccc2C(=O)N1C.CC(C)[C@H]1C(=O)N[C@H](c2ccccc2)C/C=C\C[C@@H](C)Oc2ccccc2C(=O)N1C. The first kappa shape index (κ1) is 46.9. The summed E-state index contributed by atoms with van der Waals surface area (Å²) < 4.78 is 12.2. The third-order valence-corrected chi connectivity index (χ3v) is 11.2. The lowest BCUT2D eigenvalue weighted by atomic mass is 9.98. The van der Waals surface area contributed by atoms with E-state index in [2.05, 4.69) is 34.9 Å². The summed E-state index contributed by atoms with van der Waals surface area (Å²) in [6.07, 6.45) is 10.9. The maximum Gasteiger partial charge on any atom is 0.258 e. The van der Waals surface area contributed by atoms with Crippen LogP contribution in [0.1, 0.15) is 111 Å². The molecule has 62 heavy (non-hydrogen) atoms. The first-order valence-electron chi connectivity index (χ1n) is 21.8. The molecule has 6 rings (SSSR count). The van der Waals surface area contributed by atoms with E-state index in [4.69, 9.17) is 9.47 Å². The Morgan fingerprint density at radius 3 is 1.16 bits per heavy atom. The number of carbonyl (C=O) groups is 4. The van der Waals surface area contributed by atoms with Crippen LogP contribution in [0.25, 0.3) is 0 Å². The normalized spacial score (nSPS) is 24.0. The number of hydrogen-bond acceptors (Lipinski definition) is 6. The molecule has 4 amide bonds. The lowest BCUT2D eigenvalue weighted by molar-refractivity contribution is -0.128. The van der Waals surface area contributed by atoms with Gasteiger partial charge in [-0.15, -0.1) is 0 Å². The van der Waals surface area contributed by atoms with Crippen LogP contribution in [-0.2, 0) is 9.59 Å². The van der Waals surface area contributed by atoms with Crippen LogP contribution in [0, 0.1) is 11.8 Å². The number of fused-ring (bicyclic) bond motifs is 2. The fraction of sp³-hybridized carbons (Fsp3) is 0.385. The van der Waals surface area contributed by atoms with E-state index >= 15 is 0 Å². The number of para-hydroxylation sites is 2. The van der Waals surface area contributed by atoms with Crippen LogP contribution in [0.3, 0.4) is 0 Å². The Hall–Kier alpha value is -6.16. The average Bonchev–Trinajstić information content (AvgIpc) is 3.25. The summed E-state index contributed by atoms with van der Waals surface area (Å²) in [6.45, 7) is 11.8. The molecular weight excluding hydrogens is 777 g/mol. The molecule has 2 N–H and O–H groups in total. The smallest absolute Gasteiger partial charge is 0.258 e. The van der Waals surface area contributed by atoms with Crippen molar-refractivity contribution >= 4 is 23.6 Å². The Morgan fingerprint density at radius 1 is 0.484 bits per heavy atom. The molecule has 10 heteroatoms. The van der Waals surface area contributed by atoms with E-state index in [1.165, 1.54) is 9.80 Å². The predicted molar refractivity (Wildman–Crippen MR) is 246 cm³/mol. The van der Waals surface area contributed by atoms with Gasteiger partial charge in [0.2, 0.25) is 11.8 Å². The van der Waals surface area contributed by atoms with Crippen molar-refractivity contribution in [3.63, 3.8) is 0 Å². The number of amides is 4. The van der Waals surface area contributed by atoms with Crippen LogP contribution in [0.4, 0.5) is 0 Å². The second-order valence-electron chi connectivity index (χ2n) is 16.9. The van der Waals surface area contributed by atoms with Crippen LogP contribution in [0.2, 0.25) is 0 Å². The highest BCUT2D eigenvalue weighted by Crippen LogP contribution is 2.28. The molecule has 2 aliphatic rings. The van der Waals surface area contributed by atoms with Crippen molar-refractivity contribution in [1.82, 2.24) is 20.4 Å². The Labute approximate surface area is 368 Å². The maximum absolute atomic E-state index is 13.4. The molecule has 6 atom stereocenters. The third kappa shape index (κ3) is 12.5. The standard InChI is InChI=1S/2C26H32N2O3/c2*1-18(2)24-25(29)27-22(20-13-6-5-7-14-20)16-10-8-12-19(3)31-23-17-11-9-15-21(23)26(30)28(24)4/h2*5-11,13-15,17-19,22,24H,12,16H2,1-4H3,(H,27,29)/b10-8+;10-8-/t2*19-,22+,24+/m11/s1. The minimum atomic E-state index is -0.601. The molecule has 0 saturated carbocycles. The lowest BCUT2D eigenvalue weighted by Gasteiger charge is -2.32. The molecule has 4 aromatic rings. The molecule has 10 nitrogen and oxygen atoms in total. The van der Waals surface area contributed by atoms with Gasteiger partial charge >= 0.3 is 0 Å². The lowest BCUT2D eigenvalue weighted by Crippen LogP contribution is -2.51. The van der Waals surface area contributed by atoms with E-state index in [9.17, 15) is 19.2 Å². The van der Waals surface area contributed by atoms with Crippen molar-refractivity contribution < 1.29 is 28.7 Å². The van der Waals surface area contributed by atoms with Gasteiger partial charge in [-0.25, -0.2) is 0 Å². The number of rotatable bonds is 4. The number of nitrogens with one attached hydrogen (secondary N) is 2. The molecule has 0 bridgehead atoms. The summed E-state index contributed by atoms with van der Waals surface area (Å²) in [5, 5.41) is 6.38. The van der Waals surface area contributed by atoms with Gasteiger partial charge in [-0.05, 0) is 73.9 Å². The van der Waals surface area contributed by atoms with Crippen LogP contribution in [0.15, 0.2) is 133 Å². The monoisotopic (exact) mass is 840 g/mol. The highest BCUT2D eigenvalue weighted by Gasteiger charge is 2.34. The summed E-state index contributed by atoms with van der Waals surface area (Å²) in [5.41, 5.74) is 3.02. The Bertz CT molecular complexity index is 2000. The number of nitrogens with zero attached hydrogens (tertiary/aromatic N) is 2. The molecule has 0 unspecified atom stereocenters. The second kappa shape index (κ2) is 22.6. The maximum atomic E-state index is 13.4. The molecular formula is C52H64N4O6. The van der Waals surface area contributed by atoms with Crippen LogP contribution < -0.4 is 20.1 Å². The van der Waals surface area contributed by atoms with Crippen LogP contribution in [0.5, 0.6) is 11.5 Å². The molecule has 328 valence electrons. The van der Waals surface area contributed by atoms with Gasteiger partial charge in [-0.1, -0.05) is 137 Å². The van der Waals surface area contributed by atoms with Crippen LogP contribution in [-0.4, -0.2) is 71.8 Å². The Balaban J connectivity index is 0.000000234. The van der Waals surface area contributed by atoms with E-state index in [1.54, 1.807) is 26.2 Å². The van der Waals surface area contributed by atoms with Gasteiger partial charge in [0.15, 0.2) is 0 Å². The number of ether oxygens (including phenoxy) is 2. The van der Waals surface area contributed by atoms with Gasteiger partial charge in [0, 0.05) is 26.9 Å². The predicted octanol–water partition coefficient (Wildman–Crippen LogP) is 9.52. The van der Waals surface area contributed by atoms with Crippen LogP contribution >= 0.6 is 0 Å². The number of benzene rings is 4. The molecule has 0 radical (unpaired) electrons. The highest BCUT2D eigenvalue weighted by molar-refractivity contribution is 6.00. The van der Waals surface area contributed by atoms with E-state index in [0.717, 1.165) is 11.1 Å². The van der Waals surface area contributed by atoms with Crippen molar-refractivity contribution in [3.8, 4) is 11.5 Å². The van der Waals surface area contributed by atoms with Gasteiger partial charge in [0.05, 0.1) is 35.4 Å². The molecule has 0 aromatic heterocycles. The van der Waals surface area contributed by atoms with Gasteiger partial charge in [-0.2, -0.15) is 0 Å². The molecule has 0 saturated heterocycles. The van der Waals surface area contributed by atoms with E-state index in [1.807, 2.05) is 139 Å². The highest BCUT2D eigenvalue weighted by atomic mass is 16.5. The molecule has 0 aliphatic carbocycles. The van der Waals surface area contributed by atoms with Gasteiger partial charge in [-0.3, -0.25) is 19.2 Å². The molecule has 0 fully saturated rings. The Kier molecular flexibility index (Phi) is 17.1. The summed E-state index contributed by atoms with van der Waals surface area (Å²) >= 11 is 0. The van der Waals surface area contributed by atoms with E-state index < -0.39 is 12.1 Å². The van der Waals surface area contributed by atoms with E-state index in [-0.39, 0.29) is 59.8 Å². The van der Waals surface area contributed by atoms with Crippen molar-refractivity contribution in [2.45, 2.75) is 104 Å². The number of hydrogen-bond donors (Lipinski definition) is 2. The summed E-state index contributed by atoms with van der Waals surface area (Å²) in [4.78, 5) is 56.6. The minimum Gasteiger partial charge on any atom is -0.490 e. The zero-order chi connectivity index (χ0) is 44.8. The second-order valence-corrected chi connectivity index (χ2v) is 16.9. The number of likely N-dealkylation sites (N-methyl/N-ethyl adjacent to an activating group) is 2. The van der Waals surface area contributed by atoms with Crippen molar-refractivity contribution in [2.24, 2.45) is 11.8 Å². The fourth-order valence-electron chi connectivity index (χ4n) is 7.99. The third-order valence-electron chi connectivity index (χ3n) is 11.2. The van der Waals surface area contributed by atoms with E-state index in [0.29, 0.717) is 48.3 Å². The molecule has 0 spiro atoms. The molecule has 2 aliphatic heterocycles.